The van der Waals surface area contributed by atoms with Gasteiger partial charge in [0.05, 0.1) is 23.3 Å². The van der Waals surface area contributed by atoms with Crippen molar-refractivity contribution in [3.63, 3.8) is 0 Å². The highest BCUT2D eigenvalue weighted by atomic mass is 16.5. The summed E-state index contributed by atoms with van der Waals surface area (Å²) in [6, 6.07) is 8.13. The zero-order chi connectivity index (χ0) is 9.68. The van der Waals surface area contributed by atoms with Gasteiger partial charge < -0.3 is 9.68 Å². The van der Waals surface area contributed by atoms with Crippen LogP contribution in [0.5, 0.6) is 5.75 Å². The zero-order valence-corrected chi connectivity index (χ0v) is 6.69. The molecule has 0 fully saturated rings. The Hall–Kier alpha value is -1.98. The van der Waals surface area contributed by atoms with Gasteiger partial charge in [-0.15, -0.1) is 0 Å². The fourth-order valence-electron chi connectivity index (χ4n) is 0.886. The Kier molecular flexibility index (Phi) is 2.91. The van der Waals surface area contributed by atoms with Gasteiger partial charge >= 0.3 is 7.69 Å². The van der Waals surface area contributed by atoms with Crippen molar-refractivity contribution in [2.75, 3.05) is 0 Å². The molecule has 0 saturated heterocycles. The van der Waals surface area contributed by atoms with Crippen LogP contribution < -0.4 is 4.65 Å². The van der Waals surface area contributed by atoms with Gasteiger partial charge in [0.25, 0.3) is 0 Å². The number of hydrogen-bond donors (Lipinski definition) is 1. The van der Waals surface area contributed by atoms with Crippen LogP contribution in [0.3, 0.4) is 0 Å². The summed E-state index contributed by atoms with van der Waals surface area (Å²) in [6.45, 7) is 0. The number of nitriles is 2. The largest absolute Gasteiger partial charge is 0.539 e. The fourth-order valence-corrected chi connectivity index (χ4v) is 0.886. The number of nitrogens with zero attached hydrogens (tertiary/aromatic N) is 2. The summed E-state index contributed by atoms with van der Waals surface area (Å²) in [7, 11) is -0.472. The Labute approximate surface area is 75.9 Å². The van der Waals surface area contributed by atoms with E-state index in [4.69, 9.17) is 20.2 Å². The van der Waals surface area contributed by atoms with Crippen LogP contribution in [-0.4, -0.2) is 12.7 Å². The van der Waals surface area contributed by atoms with E-state index in [-0.39, 0.29) is 0 Å². The molecule has 0 aliphatic heterocycles. The van der Waals surface area contributed by atoms with E-state index in [0.717, 1.165) is 0 Å². The molecule has 1 aromatic carbocycles. The number of rotatable bonds is 2. The van der Waals surface area contributed by atoms with Crippen LogP contribution in [0, 0.1) is 22.7 Å². The molecule has 0 aliphatic rings. The predicted molar refractivity (Wildman–Crippen MR) is 45.9 cm³/mol. The van der Waals surface area contributed by atoms with Gasteiger partial charge in [0.1, 0.15) is 5.75 Å². The molecule has 0 spiro atoms. The van der Waals surface area contributed by atoms with Crippen LogP contribution in [0.4, 0.5) is 0 Å². The van der Waals surface area contributed by atoms with Crippen LogP contribution >= 0.6 is 0 Å². The number of hydrogen-bond acceptors (Lipinski definition) is 4. The van der Waals surface area contributed by atoms with E-state index in [1.807, 2.05) is 12.1 Å². The maximum Gasteiger partial charge on any atom is 0.504 e. The molecule has 0 bridgehead atoms. The highest BCUT2D eigenvalue weighted by Crippen LogP contribution is 2.15. The molecule has 0 radical (unpaired) electrons. The SMILES string of the molecule is N#Cc1cc(C#N)cc(OBO)c1. The van der Waals surface area contributed by atoms with Gasteiger partial charge in [-0.05, 0) is 18.2 Å². The maximum absolute atomic E-state index is 8.57. The summed E-state index contributed by atoms with van der Waals surface area (Å²) in [5.74, 6) is 0.318. The average molecular weight is 172 g/mol. The first-order valence-corrected chi connectivity index (χ1v) is 3.49. The van der Waals surface area contributed by atoms with Gasteiger partial charge in [-0.25, -0.2) is 0 Å². The molecule has 4 nitrogen and oxygen atoms in total. The summed E-state index contributed by atoms with van der Waals surface area (Å²) in [6.07, 6.45) is 0. The van der Waals surface area contributed by atoms with E-state index in [2.05, 4.69) is 0 Å². The van der Waals surface area contributed by atoms with Crippen LogP contribution in [-0.2, 0) is 0 Å². The quantitative estimate of drug-likeness (QED) is 0.640. The second-order valence-electron chi connectivity index (χ2n) is 2.24. The monoisotopic (exact) mass is 172 g/mol. The minimum Gasteiger partial charge on any atom is -0.539 e. The van der Waals surface area contributed by atoms with Gasteiger partial charge in [-0.1, -0.05) is 0 Å². The topological polar surface area (TPSA) is 77.0 Å². The lowest BCUT2D eigenvalue weighted by Gasteiger charge is -2.01. The van der Waals surface area contributed by atoms with E-state index in [1.165, 1.54) is 18.2 Å². The van der Waals surface area contributed by atoms with Crippen LogP contribution in [0.25, 0.3) is 0 Å². The molecule has 0 aliphatic carbocycles. The van der Waals surface area contributed by atoms with Crippen molar-refractivity contribution < 1.29 is 9.68 Å². The van der Waals surface area contributed by atoms with E-state index in [1.54, 1.807) is 0 Å². The Morgan fingerprint density at radius 1 is 1.15 bits per heavy atom. The van der Waals surface area contributed by atoms with E-state index in [0.29, 0.717) is 16.9 Å². The van der Waals surface area contributed by atoms with Crippen molar-refractivity contribution >= 4 is 7.69 Å². The van der Waals surface area contributed by atoms with E-state index < -0.39 is 7.69 Å². The van der Waals surface area contributed by atoms with Gasteiger partial charge in [-0.3, -0.25) is 0 Å². The van der Waals surface area contributed by atoms with Crippen molar-refractivity contribution in [2.45, 2.75) is 0 Å². The van der Waals surface area contributed by atoms with Crippen molar-refractivity contribution in [1.29, 1.82) is 10.5 Å². The molecule has 0 atom stereocenters. The highest BCUT2D eigenvalue weighted by molar-refractivity contribution is 6.17. The van der Waals surface area contributed by atoms with Crippen molar-refractivity contribution in [1.82, 2.24) is 0 Å². The summed E-state index contributed by atoms with van der Waals surface area (Å²) in [5, 5.41) is 25.6. The molecule has 5 heteroatoms. The van der Waals surface area contributed by atoms with Crippen LogP contribution in [0.1, 0.15) is 11.1 Å². The summed E-state index contributed by atoms with van der Waals surface area (Å²) < 4.78 is 4.74. The molecule has 0 amide bonds. The first-order chi connectivity index (χ1) is 6.30. The molecule has 13 heavy (non-hydrogen) atoms. The zero-order valence-electron chi connectivity index (χ0n) is 6.69. The third-order valence-corrected chi connectivity index (χ3v) is 1.40. The van der Waals surface area contributed by atoms with E-state index >= 15 is 0 Å². The second-order valence-corrected chi connectivity index (χ2v) is 2.24. The summed E-state index contributed by atoms with van der Waals surface area (Å²) in [4.78, 5) is 0. The Bertz CT molecular complexity index is 360. The molecule has 0 aromatic heterocycles. The third kappa shape index (κ3) is 2.23. The fraction of sp³-hybridized carbons (Fsp3) is 0. The first kappa shape index (κ1) is 9.12. The molecule has 1 aromatic rings. The summed E-state index contributed by atoms with van der Waals surface area (Å²) >= 11 is 0. The molecule has 62 valence electrons. The predicted octanol–water partition coefficient (Wildman–Crippen LogP) is 0.0676. The Balaban J connectivity index is 3.11. The molecule has 0 unspecified atom stereocenters. The molecule has 0 saturated carbocycles. The summed E-state index contributed by atoms with van der Waals surface area (Å²) in [5.41, 5.74) is 0.671. The van der Waals surface area contributed by atoms with Crippen molar-refractivity contribution in [3.8, 4) is 17.9 Å². The van der Waals surface area contributed by atoms with Crippen LogP contribution in [0.15, 0.2) is 18.2 Å². The lowest BCUT2D eigenvalue weighted by Crippen LogP contribution is -2.00. The van der Waals surface area contributed by atoms with Gasteiger partial charge in [0.2, 0.25) is 0 Å². The van der Waals surface area contributed by atoms with Gasteiger partial charge in [0.15, 0.2) is 0 Å². The molecular formula is C8H5BN2O2. The molecule has 0 heterocycles. The van der Waals surface area contributed by atoms with E-state index in [9.17, 15) is 0 Å². The minimum absolute atomic E-state index is 0.318. The molecule has 1 rings (SSSR count). The lowest BCUT2D eigenvalue weighted by molar-refractivity contribution is 0.453. The maximum atomic E-state index is 8.57. The third-order valence-electron chi connectivity index (χ3n) is 1.40. The second kappa shape index (κ2) is 4.15. The smallest absolute Gasteiger partial charge is 0.504 e. The normalized spacial score (nSPS) is 8.23. The van der Waals surface area contributed by atoms with Crippen molar-refractivity contribution in [2.24, 2.45) is 0 Å². The highest BCUT2D eigenvalue weighted by Gasteiger charge is 2.00. The lowest BCUT2D eigenvalue weighted by atomic mass is 10.1. The first-order valence-electron chi connectivity index (χ1n) is 3.49. The average Bonchev–Trinajstić information content (AvgIpc) is 2.17. The minimum atomic E-state index is -0.472. The molecular weight excluding hydrogens is 167 g/mol. The van der Waals surface area contributed by atoms with Crippen LogP contribution in [0.2, 0.25) is 0 Å². The molecule has 1 N–H and O–H groups in total. The van der Waals surface area contributed by atoms with Crippen molar-refractivity contribution in [3.05, 3.63) is 29.3 Å². The standard InChI is InChI=1S/C8H5BN2O2/c10-4-6-1-7(5-11)3-8(2-6)13-9-12/h1-3,9,12H. The Morgan fingerprint density at radius 3 is 2.08 bits per heavy atom. The van der Waals surface area contributed by atoms with Gasteiger partial charge in [0, 0.05) is 0 Å². The van der Waals surface area contributed by atoms with Gasteiger partial charge in [-0.2, -0.15) is 10.5 Å². The number of benzene rings is 1. The Morgan fingerprint density at radius 2 is 1.69 bits per heavy atom.